The van der Waals surface area contributed by atoms with Crippen molar-refractivity contribution in [2.24, 2.45) is 0 Å². The number of nitrogens with zero attached hydrogens (tertiary/aromatic N) is 3. The lowest BCUT2D eigenvalue weighted by Crippen LogP contribution is -2.23. The SMILES string of the molecule is C[C@@H](Sc1nccn1C1CC1)C(=O)Nc1ccc(F)c([N+](=O)[O-])c1. The Labute approximate surface area is 141 Å². The molecule has 9 heteroatoms. The smallest absolute Gasteiger partial charge is 0.306 e. The zero-order valence-electron chi connectivity index (χ0n) is 12.8. The number of thioether (sulfide) groups is 1. The van der Waals surface area contributed by atoms with Crippen LogP contribution < -0.4 is 5.32 Å². The van der Waals surface area contributed by atoms with Crippen LogP contribution in [0.3, 0.4) is 0 Å². The van der Waals surface area contributed by atoms with Gasteiger partial charge in [-0.1, -0.05) is 11.8 Å². The van der Waals surface area contributed by atoms with Crippen molar-refractivity contribution in [3.8, 4) is 0 Å². The number of carbonyl (C=O) groups excluding carboxylic acids is 1. The van der Waals surface area contributed by atoms with E-state index >= 15 is 0 Å². The first-order valence-corrected chi connectivity index (χ1v) is 8.28. The number of benzene rings is 1. The molecule has 1 aliphatic carbocycles. The number of nitro groups is 1. The van der Waals surface area contributed by atoms with Crippen molar-refractivity contribution >= 4 is 29.0 Å². The maximum absolute atomic E-state index is 13.3. The third-order valence-electron chi connectivity index (χ3n) is 3.64. The normalized spacial score (nSPS) is 15.1. The summed E-state index contributed by atoms with van der Waals surface area (Å²) in [6, 6.07) is 3.73. The third-order valence-corrected chi connectivity index (χ3v) is 4.73. The lowest BCUT2D eigenvalue weighted by molar-refractivity contribution is -0.387. The highest BCUT2D eigenvalue weighted by Crippen LogP contribution is 2.38. The number of hydrogen-bond donors (Lipinski definition) is 1. The van der Waals surface area contributed by atoms with Gasteiger partial charge < -0.3 is 9.88 Å². The second kappa shape index (κ2) is 6.60. The standard InChI is InChI=1S/C15H15FN4O3S/c1-9(24-15-17-6-7-19(15)11-3-4-11)14(21)18-10-2-5-12(16)13(8-10)20(22)23/h2,5-9,11H,3-4H2,1H3,(H,18,21)/t9-/m1/s1. The molecule has 1 atom stereocenters. The molecule has 1 aromatic heterocycles. The zero-order chi connectivity index (χ0) is 17.3. The van der Waals surface area contributed by atoms with Crippen LogP contribution in [0.4, 0.5) is 15.8 Å². The molecule has 1 N–H and O–H groups in total. The molecule has 0 spiro atoms. The van der Waals surface area contributed by atoms with Gasteiger partial charge in [-0.2, -0.15) is 4.39 Å². The van der Waals surface area contributed by atoms with Crippen LogP contribution in [0.15, 0.2) is 35.7 Å². The molecule has 1 aliphatic rings. The molecule has 3 rings (SSSR count). The zero-order valence-corrected chi connectivity index (χ0v) is 13.6. The van der Waals surface area contributed by atoms with Crippen molar-refractivity contribution in [2.45, 2.75) is 36.2 Å². The maximum Gasteiger partial charge on any atom is 0.306 e. The molecular formula is C15H15FN4O3S. The first kappa shape index (κ1) is 16.4. The van der Waals surface area contributed by atoms with Crippen molar-refractivity contribution in [3.63, 3.8) is 0 Å². The molecule has 1 amide bonds. The molecular weight excluding hydrogens is 335 g/mol. The van der Waals surface area contributed by atoms with Gasteiger partial charge in [0.2, 0.25) is 11.7 Å². The van der Waals surface area contributed by atoms with Gasteiger partial charge in [0, 0.05) is 30.2 Å². The third kappa shape index (κ3) is 3.56. The van der Waals surface area contributed by atoms with Crippen molar-refractivity contribution in [3.05, 3.63) is 46.5 Å². The molecule has 0 bridgehead atoms. The highest BCUT2D eigenvalue weighted by molar-refractivity contribution is 8.00. The Morgan fingerprint density at radius 1 is 1.54 bits per heavy atom. The Balaban J connectivity index is 1.67. The summed E-state index contributed by atoms with van der Waals surface area (Å²) in [7, 11) is 0. The quantitative estimate of drug-likeness (QED) is 0.490. The predicted octanol–water partition coefficient (Wildman–Crippen LogP) is 3.38. The summed E-state index contributed by atoms with van der Waals surface area (Å²) in [6.45, 7) is 1.73. The fourth-order valence-electron chi connectivity index (χ4n) is 2.21. The number of aromatic nitrogens is 2. The van der Waals surface area contributed by atoms with Gasteiger partial charge >= 0.3 is 5.69 Å². The van der Waals surface area contributed by atoms with E-state index in [-0.39, 0.29) is 11.6 Å². The summed E-state index contributed by atoms with van der Waals surface area (Å²) in [5.41, 5.74) is -0.483. The van der Waals surface area contributed by atoms with E-state index in [1.165, 1.54) is 17.8 Å². The van der Waals surface area contributed by atoms with E-state index in [0.717, 1.165) is 30.1 Å². The molecule has 1 saturated carbocycles. The van der Waals surface area contributed by atoms with Crippen molar-refractivity contribution in [1.29, 1.82) is 0 Å². The van der Waals surface area contributed by atoms with Crippen LogP contribution in [0.1, 0.15) is 25.8 Å². The van der Waals surface area contributed by atoms with Crippen LogP contribution in [-0.2, 0) is 4.79 Å². The Hall–Kier alpha value is -2.42. The van der Waals surface area contributed by atoms with Gasteiger partial charge in [-0.3, -0.25) is 14.9 Å². The summed E-state index contributed by atoms with van der Waals surface area (Å²) in [5, 5.41) is 13.6. The van der Waals surface area contributed by atoms with Gasteiger partial charge in [-0.05, 0) is 31.9 Å². The number of nitro benzene ring substituents is 1. The second-order valence-corrected chi connectivity index (χ2v) is 6.83. The monoisotopic (exact) mass is 350 g/mol. The van der Waals surface area contributed by atoms with Gasteiger partial charge in [-0.25, -0.2) is 4.98 Å². The van der Waals surface area contributed by atoms with E-state index in [9.17, 15) is 19.3 Å². The molecule has 24 heavy (non-hydrogen) atoms. The van der Waals surface area contributed by atoms with E-state index < -0.39 is 21.7 Å². The van der Waals surface area contributed by atoms with Gasteiger partial charge in [-0.15, -0.1) is 0 Å². The van der Waals surface area contributed by atoms with E-state index in [1.54, 1.807) is 13.1 Å². The molecule has 1 heterocycles. The number of anilines is 1. The van der Waals surface area contributed by atoms with E-state index in [1.807, 2.05) is 6.20 Å². The van der Waals surface area contributed by atoms with E-state index in [2.05, 4.69) is 14.9 Å². The molecule has 0 unspecified atom stereocenters. The average molecular weight is 350 g/mol. The van der Waals surface area contributed by atoms with E-state index in [4.69, 9.17) is 0 Å². The predicted molar refractivity (Wildman–Crippen MR) is 87.5 cm³/mol. The molecule has 0 radical (unpaired) electrons. The van der Waals surface area contributed by atoms with Gasteiger partial charge in [0.1, 0.15) is 0 Å². The summed E-state index contributed by atoms with van der Waals surface area (Å²) in [6.07, 6.45) is 5.83. The Morgan fingerprint density at radius 2 is 2.29 bits per heavy atom. The van der Waals surface area contributed by atoms with Crippen LogP contribution in [-0.4, -0.2) is 25.6 Å². The van der Waals surface area contributed by atoms with Crippen molar-refractivity contribution in [2.75, 3.05) is 5.32 Å². The topological polar surface area (TPSA) is 90.1 Å². The Morgan fingerprint density at radius 3 is 2.96 bits per heavy atom. The molecule has 0 saturated heterocycles. The minimum atomic E-state index is -0.938. The molecule has 1 fully saturated rings. The maximum atomic E-state index is 13.3. The fourth-order valence-corrected chi connectivity index (χ4v) is 3.14. The number of halogens is 1. The fraction of sp³-hybridized carbons (Fsp3) is 0.333. The molecule has 126 valence electrons. The summed E-state index contributed by atoms with van der Waals surface area (Å²) >= 11 is 1.32. The highest BCUT2D eigenvalue weighted by Gasteiger charge is 2.27. The second-order valence-electron chi connectivity index (χ2n) is 5.52. The van der Waals surface area contributed by atoms with Crippen LogP contribution in [0.25, 0.3) is 0 Å². The largest absolute Gasteiger partial charge is 0.325 e. The number of amides is 1. The Bertz CT molecular complexity index is 791. The number of carbonyl (C=O) groups is 1. The van der Waals surface area contributed by atoms with E-state index in [0.29, 0.717) is 6.04 Å². The van der Waals surface area contributed by atoms with Gasteiger partial charge in [0.05, 0.1) is 10.2 Å². The lowest BCUT2D eigenvalue weighted by atomic mass is 10.2. The molecule has 1 aromatic carbocycles. The Kier molecular flexibility index (Phi) is 4.52. The molecule has 0 aliphatic heterocycles. The summed E-state index contributed by atoms with van der Waals surface area (Å²) in [5.74, 6) is -1.27. The highest BCUT2D eigenvalue weighted by atomic mass is 32.2. The summed E-state index contributed by atoms with van der Waals surface area (Å²) in [4.78, 5) is 26.5. The van der Waals surface area contributed by atoms with Crippen LogP contribution in [0.5, 0.6) is 0 Å². The first-order chi connectivity index (χ1) is 11.5. The lowest BCUT2D eigenvalue weighted by Gasteiger charge is -2.12. The average Bonchev–Trinajstić information content (AvgIpc) is 3.28. The van der Waals surface area contributed by atoms with Crippen LogP contribution in [0, 0.1) is 15.9 Å². The number of rotatable bonds is 6. The minimum Gasteiger partial charge on any atom is -0.325 e. The first-order valence-electron chi connectivity index (χ1n) is 7.40. The van der Waals surface area contributed by atoms with Gasteiger partial charge in [0.25, 0.3) is 0 Å². The van der Waals surface area contributed by atoms with Crippen molar-refractivity contribution < 1.29 is 14.1 Å². The molecule has 7 nitrogen and oxygen atoms in total. The number of nitrogens with one attached hydrogen (secondary N) is 1. The summed E-state index contributed by atoms with van der Waals surface area (Å²) < 4.78 is 15.4. The van der Waals surface area contributed by atoms with Crippen molar-refractivity contribution in [1.82, 2.24) is 9.55 Å². The molecule has 2 aromatic rings. The number of hydrogen-bond acceptors (Lipinski definition) is 5. The van der Waals surface area contributed by atoms with Crippen LogP contribution in [0.2, 0.25) is 0 Å². The van der Waals surface area contributed by atoms with Crippen LogP contribution >= 0.6 is 11.8 Å². The minimum absolute atomic E-state index is 0.186. The number of imidazole rings is 1. The van der Waals surface area contributed by atoms with Gasteiger partial charge in [0.15, 0.2) is 5.16 Å².